The number of aryl methyl sites for hydroxylation is 1. The van der Waals surface area contributed by atoms with E-state index in [0.717, 1.165) is 11.1 Å². The number of piperidine rings is 1. The summed E-state index contributed by atoms with van der Waals surface area (Å²) in [7, 11) is -2.30. The van der Waals surface area contributed by atoms with E-state index in [1.54, 1.807) is 22.5 Å². The Kier molecular flexibility index (Phi) is 7.10. The summed E-state index contributed by atoms with van der Waals surface area (Å²) in [6.45, 7) is 6.14. The third-order valence-electron chi connectivity index (χ3n) is 5.88. The summed E-state index contributed by atoms with van der Waals surface area (Å²) in [4.78, 5) is 12.2. The molecule has 3 atom stereocenters. The lowest BCUT2D eigenvalue weighted by atomic mass is 9.79. The lowest BCUT2D eigenvalue weighted by molar-refractivity contribution is -0.142. The third kappa shape index (κ3) is 4.99. The molecule has 1 fully saturated rings. The normalized spacial score (nSPS) is 22.4. The molecule has 1 saturated heterocycles. The highest BCUT2D eigenvalue weighted by Gasteiger charge is 2.41. The molecule has 0 saturated carbocycles. The molecule has 0 spiro atoms. The van der Waals surface area contributed by atoms with Gasteiger partial charge in [0, 0.05) is 19.0 Å². The van der Waals surface area contributed by atoms with Crippen LogP contribution >= 0.6 is 0 Å². The molecule has 1 aliphatic heterocycles. The molecule has 160 valence electrons. The highest BCUT2D eigenvalue weighted by atomic mass is 32.2. The van der Waals surface area contributed by atoms with Crippen molar-refractivity contribution in [2.24, 2.45) is 11.8 Å². The van der Waals surface area contributed by atoms with Gasteiger partial charge in [-0.25, -0.2) is 8.42 Å². The van der Waals surface area contributed by atoms with E-state index in [1.807, 2.05) is 49.4 Å². The topological polar surface area (TPSA) is 63.7 Å². The van der Waals surface area contributed by atoms with Crippen molar-refractivity contribution in [2.75, 3.05) is 13.7 Å². The van der Waals surface area contributed by atoms with Gasteiger partial charge in [-0.15, -0.1) is 6.58 Å². The highest BCUT2D eigenvalue weighted by molar-refractivity contribution is 7.89. The van der Waals surface area contributed by atoms with Gasteiger partial charge < -0.3 is 4.74 Å². The van der Waals surface area contributed by atoms with Gasteiger partial charge in [0.25, 0.3) is 0 Å². The van der Waals surface area contributed by atoms with Crippen LogP contribution in [0.3, 0.4) is 0 Å². The number of benzene rings is 2. The summed E-state index contributed by atoms with van der Waals surface area (Å²) in [6.07, 6.45) is 3.19. The Bertz CT molecular complexity index is 970. The molecule has 30 heavy (non-hydrogen) atoms. The number of rotatable bonds is 7. The summed E-state index contributed by atoms with van der Waals surface area (Å²) < 4.78 is 33.6. The Morgan fingerprint density at radius 3 is 2.43 bits per heavy atom. The van der Waals surface area contributed by atoms with Crippen molar-refractivity contribution in [3.63, 3.8) is 0 Å². The fraction of sp³-hybridized carbons (Fsp3) is 0.375. The maximum absolute atomic E-state index is 13.5. The Labute approximate surface area is 179 Å². The molecule has 3 rings (SSSR count). The van der Waals surface area contributed by atoms with Gasteiger partial charge in [0.1, 0.15) is 0 Å². The summed E-state index contributed by atoms with van der Waals surface area (Å²) in [5.41, 5.74) is 2.08. The van der Waals surface area contributed by atoms with Crippen molar-refractivity contribution in [2.45, 2.75) is 37.1 Å². The number of hydrogen-bond donors (Lipinski definition) is 0. The Morgan fingerprint density at radius 1 is 1.17 bits per heavy atom. The first kappa shape index (κ1) is 22.2. The molecule has 2 aromatic carbocycles. The summed E-state index contributed by atoms with van der Waals surface area (Å²) >= 11 is 0. The van der Waals surface area contributed by atoms with Crippen LogP contribution in [0.2, 0.25) is 0 Å². The van der Waals surface area contributed by atoms with Crippen LogP contribution in [0, 0.1) is 18.8 Å². The van der Waals surface area contributed by atoms with Gasteiger partial charge in [0.2, 0.25) is 10.0 Å². The van der Waals surface area contributed by atoms with Gasteiger partial charge in [-0.2, -0.15) is 4.31 Å². The summed E-state index contributed by atoms with van der Waals surface area (Å²) in [5.74, 6) is -0.398. The quantitative estimate of drug-likeness (QED) is 0.495. The van der Waals surface area contributed by atoms with E-state index < -0.39 is 10.0 Å². The third-order valence-corrected chi connectivity index (χ3v) is 7.81. The first-order valence-electron chi connectivity index (χ1n) is 10.2. The number of esters is 1. The Morgan fingerprint density at radius 2 is 1.83 bits per heavy atom. The lowest BCUT2D eigenvalue weighted by Gasteiger charge is -2.42. The molecule has 1 heterocycles. The predicted octanol–water partition coefficient (Wildman–Crippen LogP) is 3.98. The number of carbonyl (C=O) groups is 1. The van der Waals surface area contributed by atoms with Crippen LogP contribution in [0.25, 0.3) is 0 Å². The lowest BCUT2D eigenvalue weighted by Crippen LogP contribution is -2.50. The zero-order valence-corrected chi connectivity index (χ0v) is 18.3. The van der Waals surface area contributed by atoms with Crippen LogP contribution in [0.1, 0.15) is 24.0 Å². The first-order chi connectivity index (χ1) is 14.3. The van der Waals surface area contributed by atoms with Crippen LogP contribution in [-0.2, 0) is 26.0 Å². The zero-order valence-electron chi connectivity index (χ0n) is 17.5. The van der Waals surface area contributed by atoms with E-state index in [-0.39, 0.29) is 30.3 Å². The monoisotopic (exact) mass is 427 g/mol. The van der Waals surface area contributed by atoms with Crippen molar-refractivity contribution in [3.05, 3.63) is 78.4 Å². The highest BCUT2D eigenvalue weighted by Crippen LogP contribution is 2.36. The van der Waals surface area contributed by atoms with E-state index in [4.69, 9.17) is 4.74 Å². The molecule has 5 nitrogen and oxygen atoms in total. The van der Waals surface area contributed by atoms with E-state index in [0.29, 0.717) is 24.3 Å². The molecule has 0 amide bonds. The smallest absolute Gasteiger partial charge is 0.305 e. The van der Waals surface area contributed by atoms with Crippen LogP contribution in [0.15, 0.2) is 72.1 Å². The average molecular weight is 428 g/mol. The molecular weight excluding hydrogens is 398 g/mol. The van der Waals surface area contributed by atoms with E-state index in [9.17, 15) is 13.2 Å². The molecular formula is C24H29NO4S. The minimum Gasteiger partial charge on any atom is -0.469 e. The molecule has 0 N–H and O–H groups in total. The van der Waals surface area contributed by atoms with Gasteiger partial charge in [-0.1, -0.05) is 54.1 Å². The molecule has 0 unspecified atom stereocenters. The second-order valence-electron chi connectivity index (χ2n) is 7.91. The van der Waals surface area contributed by atoms with Gasteiger partial charge in [0.05, 0.1) is 12.0 Å². The number of carbonyl (C=O) groups excluding carboxylic acids is 1. The van der Waals surface area contributed by atoms with Crippen molar-refractivity contribution in [1.29, 1.82) is 0 Å². The van der Waals surface area contributed by atoms with E-state index >= 15 is 0 Å². The molecule has 6 heteroatoms. The van der Waals surface area contributed by atoms with Crippen molar-refractivity contribution in [3.8, 4) is 0 Å². The number of methoxy groups -OCH3 is 1. The average Bonchev–Trinajstić information content (AvgIpc) is 2.74. The summed E-state index contributed by atoms with van der Waals surface area (Å²) in [6, 6.07) is 16.6. The molecule has 0 radical (unpaired) electrons. The van der Waals surface area contributed by atoms with E-state index in [1.165, 1.54) is 7.11 Å². The maximum atomic E-state index is 13.5. The van der Waals surface area contributed by atoms with Gasteiger partial charge >= 0.3 is 5.97 Å². The van der Waals surface area contributed by atoms with Crippen molar-refractivity contribution in [1.82, 2.24) is 4.31 Å². The molecule has 0 bridgehead atoms. The number of nitrogens with zero attached hydrogens (tertiary/aromatic N) is 1. The van der Waals surface area contributed by atoms with E-state index in [2.05, 4.69) is 6.58 Å². The van der Waals surface area contributed by atoms with Crippen LogP contribution < -0.4 is 0 Å². The van der Waals surface area contributed by atoms with Gasteiger partial charge in [-0.3, -0.25) is 4.79 Å². The number of hydrogen-bond acceptors (Lipinski definition) is 4. The Balaban J connectivity index is 1.96. The first-order valence-corrected chi connectivity index (χ1v) is 11.6. The van der Waals surface area contributed by atoms with Crippen LogP contribution in [0.5, 0.6) is 0 Å². The number of ether oxygens (including phenoxy) is 1. The van der Waals surface area contributed by atoms with Crippen LogP contribution in [-0.4, -0.2) is 38.4 Å². The number of sulfonamides is 1. The molecule has 1 aliphatic rings. The minimum absolute atomic E-state index is 0.00636. The second kappa shape index (κ2) is 9.58. The second-order valence-corrected chi connectivity index (χ2v) is 9.80. The zero-order chi connectivity index (χ0) is 21.7. The SMILES string of the molecule is C=C[C@H]1CN(S(=O)(=O)c2ccc(C)cc2)[C@@H](Cc2ccccc2)C[C@@H]1CC(=O)OC. The molecule has 0 aliphatic carbocycles. The fourth-order valence-corrected chi connectivity index (χ4v) is 5.83. The molecule has 2 aromatic rings. The standard InChI is InChI=1S/C24H29NO4S/c1-4-20-17-25(30(27,28)23-12-10-18(2)11-13-23)22(14-19-8-6-5-7-9-19)15-21(20)16-24(26)29-3/h4-13,20-22H,1,14-17H2,2-3H3/t20-,21+,22-/m0/s1. The molecule has 0 aromatic heterocycles. The van der Waals surface area contributed by atoms with Gasteiger partial charge in [0.15, 0.2) is 0 Å². The van der Waals surface area contributed by atoms with Crippen LogP contribution in [0.4, 0.5) is 0 Å². The fourth-order valence-electron chi connectivity index (χ4n) is 4.16. The largest absolute Gasteiger partial charge is 0.469 e. The summed E-state index contributed by atoms with van der Waals surface area (Å²) in [5, 5.41) is 0. The Hall–Kier alpha value is -2.44. The van der Waals surface area contributed by atoms with Crippen molar-refractivity contribution < 1.29 is 17.9 Å². The van der Waals surface area contributed by atoms with Gasteiger partial charge in [-0.05, 0) is 49.3 Å². The predicted molar refractivity (Wildman–Crippen MR) is 117 cm³/mol. The maximum Gasteiger partial charge on any atom is 0.305 e. The van der Waals surface area contributed by atoms with Crippen molar-refractivity contribution >= 4 is 16.0 Å². The minimum atomic E-state index is -3.68.